The Bertz CT molecular complexity index is 734. The quantitative estimate of drug-likeness (QED) is 0.878. The highest BCUT2D eigenvalue weighted by molar-refractivity contribution is 6.35. The summed E-state index contributed by atoms with van der Waals surface area (Å²) in [4.78, 5) is 23.8. The molecule has 0 bridgehead atoms. The zero-order valence-electron chi connectivity index (χ0n) is 10.8. The summed E-state index contributed by atoms with van der Waals surface area (Å²) in [6.45, 7) is 0.480. The number of carboxylic acid groups (broad SMARTS) is 1. The molecule has 0 fully saturated rings. The van der Waals surface area contributed by atoms with E-state index in [0.29, 0.717) is 34.9 Å². The van der Waals surface area contributed by atoms with E-state index in [1.807, 2.05) is 0 Å². The van der Waals surface area contributed by atoms with Gasteiger partial charge in [-0.3, -0.25) is 9.59 Å². The second-order valence-corrected chi connectivity index (χ2v) is 5.78. The lowest BCUT2D eigenvalue weighted by Gasteiger charge is -2.06. The number of halogens is 2. The normalized spacial score (nSPS) is 16.8. The molecule has 3 rings (SSSR count). The molecule has 0 saturated carbocycles. The molecule has 0 aliphatic carbocycles. The molecule has 2 aromatic rings. The first-order valence-electron chi connectivity index (χ1n) is 6.41. The van der Waals surface area contributed by atoms with Crippen molar-refractivity contribution in [3.05, 3.63) is 57.3 Å². The van der Waals surface area contributed by atoms with E-state index < -0.39 is 11.9 Å². The third-order valence-electron chi connectivity index (χ3n) is 3.70. The van der Waals surface area contributed by atoms with Gasteiger partial charge in [0.2, 0.25) is 5.78 Å². The van der Waals surface area contributed by atoms with E-state index in [2.05, 4.69) is 0 Å². The summed E-state index contributed by atoms with van der Waals surface area (Å²) >= 11 is 12.0. The Kier molecular flexibility index (Phi) is 3.51. The molecule has 1 atom stereocenters. The van der Waals surface area contributed by atoms with Crippen LogP contribution in [0.25, 0.3) is 0 Å². The molecule has 0 radical (unpaired) electrons. The molecule has 0 amide bonds. The standard InChI is InChI=1S/C15H11Cl2NO3/c16-9-3-1-8(2-4-9)14(19)13-11(17)7-12-10(15(20)21)5-6-18(12)13/h1-4,7,10H,5-6H2,(H,20,21). The molecule has 1 aromatic carbocycles. The SMILES string of the molecule is O=C(c1ccc(Cl)cc1)c1c(Cl)cc2n1CCC2C(=O)O. The van der Waals surface area contributed by atoms with Crippen LogP contribution in [-0.2, 0) is 11.3 Å². The van der Waals surface area contributed by atoms with Crippen LogP contribution in [0.2, 0.25) is 10.0 Å². The second-order valence-electron chi connectivity index (χ2n) is 4.93. The minimum Gasteiger partial charge on any atom is -0.481 e. The van der Waals surface area contributed by atoms with Crippen molar-refractivity contribution in [2.24, 2.45) is 0 Å². The van der Waals surface area contributed by atoms with Crippen LogP contribution >= 0.6 is 23.2 Å². The molecular formula is C15H11Cl2NO3. The molecule has 1 unspecified atom stereocenters. The molecule has 2 heterocycles. The van der Waals surface area contributed by atoms with Crippen LogP contribution in [0.5, 0.6) is 0 Å². The molecule has 1 N–H and O–H groups in total. The van der Waals surface area contributed by atoms with Gasteiger partial charge in [0.15, 0.2) is 0 Å². The van der Waals surface area contributed by atoms with Crippen LogP contribution in [-0.4, -0.2) is 21.4 Å². The number of aliphatic carboxylic acids is 1. The van der Waals surface area contributed by atoms with Crippen LogP contribution in [0, 0.1) is 0 Å². The van der Waals surface area contributed by atoms with Crippen LogP contribution in [0.3, 0.4) is 0 Å². The lowest BCUT2D eigenvalue weighted by Crippen LogP contribution is -2.10. The fourth-order valence-corrected chi connectivity index (χ4v) is 3.11. The van der Waals surface area contributed by atoms with E-state index in [4.69, 9.17) is 23.2 Å². The van der Waals surface area contributed by atoms with Gasteiger partial charge in [-0.05, 0) is 36.8 Å². The van der Waals surface area contributed by atoms with Crippen molar-refractivity contribution in [2.45, 2.75) is 18.9 Å². The van der Waals surface area contributed by atoms with E-state index in [0.717, 1.165) is 0 Å². The maximum Gasteiger partial charge on any atom is 0.312 e. The van der Waals surface area contributed by atoms with E-state index in [-0.39, 0.29) is 10.8 Å². The van der Waals surface area contributed by atoms with Gasteiger partial charge in [-0.2, -0.15) is 0 Å². The number of nitrogens with zero attached hydrogens (tertiary/aromatic N) is 1. The van der Waals surface area contributed by atoms with Gasteiger partial charge in [-0.1, -0.05) is 23.2 Å². The minimum absolute atomic E-state index is 0.228. The van der Waals surface area contributed by atoms with E-state index >= 15 is 0 Å². The van der Waals surface area contributed by atoms with Crippen molar-refractivity contribution in [3.63, 3.8) is 0 Å². The van der Waals surface area contributed by atoms with Crippen molar-refractivity contribution in [2.75, 3.05) is 0 Å². The molecule has 0 spiro atoms. The molecule has 1 aliphatic rings. The number of hydrogen-bond acceptors (Lipinski definition) is 2. The van der Waals surface area contributed by atoms with Crippen molar-refractivity contribution in [1.82, 2.24) is 4.57 Å². The number of carbonyl (C=O) groups is 2. The largest absolute Gasteiger partial charge is 0.481 e. The average Bonchev–Trinajstić information content (AvgIpc) is 2.96. The Hall–Kier alpha value is -1.78. The average molecular weight is 324 g/mol. The Morgan fingerprint density at radius 1 is 1.19 bits per heavy atom. The number of carboxylic acids is 1. The highest BCUT2D eigenvalue weighted by Crippen LogP contribution is 2.36. The summed E-state index contributed by atoms with van der Waals surface area (Å²) in [5.41, 5.74) is 1.41. The molecular weight excluding hydrogens is 313 g/mol. The van der Waals surface area contributed by atoms with Gasteiger partial charge in [-0.15, -0.1) is 0 Å². The monoisotopic (exact) mass is 323 g/mol. The zero-order valence-corrected chi connectivity index (χ0v) is 12.4. The van der Waals surface area contributed by atoms with Crippen molar-refractivity contribution in [1.29, 1.82) is 0 Å². The number of fused-ring (bicyclic) bond motifs is 1. The number of carbonyl (C=O) groups excluding carboxylic acids is 1. The van der Waals surface area contributed by atoms with Crippen LogP contribution < -0.4 is 0 Å². The summed E-state index contributed by atoms with van der Waals surface area (Å²) in [6.07, 6.45) is 0.475. The molecule has 108 valence electrons. The zero-order chi connectivity index (χ0) is 15.1. The van der Waals surface area contributed by atoms with E-state index in [9.17, 15) is 14.7 Å². The molecule has 1 aliphatic heterocycles. The summed E-state index contributed by atoms with van der Waals surface area (Å²) in [5, 5.41) is 10.0. The maximum atomic E-state index is 12.6. The van der Waals surface area contributed by atoms with Gasteiger partial charge < -0.3 is 9.67 Å². The second kappa shape index (κ2) is 5.20. The lowest BCUT2D eigenvalue weighted by molar-refractivity contribution is -0.138. The molecule has 0 saturated heterocycles. The maximum absolute atomic E-state index is 12.6. The highest BCUT2D eigenvalue weighted by Gasteiger charge is 2.33. The van der Waals surface area contributed by atoms with Crippen LogP contribution in [0.4, 0.5) is 0 Å². The van der Waals surface area contributed by atoms with Gasteiger partial charge in [-0.25, -0.2) is 0 Å². The van der Waals surface area contributed by atoms with Gasteiger partial charge in [0.1, 0.15) is 5.69 Å². The molecule has 21 heavy (non-hydrogen) atoms. The number of rotatable bonds is 3. The van der Waals surface area contributed by atoms with Crippen molar-refractivity contribution in [3.8, 4) is 0 Å². The van der Waals surface area contributed by atoms with Gasteiger partial charge in [0, 0.05) is 22.8 Å². The summed E-state index contributed by atoms with van der Waals surface area (Å²) < 4.78 is 1.71. The summed E-state index contributed by atoms with van der Waals surface area (Å²) in [6, 6.07) is 8.11. The van der Waals surface area contributed by atoms with Gasteiger partial charge in [0.05, 0.1) is 10.9 Å². The number of hydrogen-bond donors (Lipinski definition) is 1. The first-order chi connectivity index (χ1) is 9.99. The Labute approximate surface area is 130 Å². The first-order valence-corrected chi connectivity index (χ1v) is 7.16. The molecule has 4 nitrogen and oxygen atoms in total. The smallest absolute Gasteiger partial charge is 0.312 e. The fourth-order valence-electron chi connectivity index (χ4n) is 2.69. The Balaban J connectivity index is 2.04. The van der Waals surface area contributed by atoms with E-state index in [1.165, 1.54) is 0 Å². The van der Waals surface area contributed by atoms with Crippen molar-refractivity contribution >= 4 is 35.0 Å². The third-order valence-corrected chi connectivity index (χ3v) is 4.24. The first kappa shape index (κ1) is 14.2. The predicted molar refractivity (Wildman–Crippen MR) is 79.3 cm³/mol. The van der Waals surface area contributed by atoms with E-state index in [1.54, 1.807) is 34.9 Å². The third kappa shape index (κ3) is 2.34. The fraction of sp³-hybridized carbons (Fsp3) is 0.200. The van der Waals surface area contributed by atoms with Gasteiger partial charge >= 0.3 is 5.97 Å². The highest BCUT2D eigenvalue weighted by atomic mass is 35.5. The topological polar surface area (TPSA) is 59.3 Å². The lowest BCUT2D eigenvalue weighted by atomic mass is 10.1. The van der Waals surface area contributed by atoms with Crippen LogP contribution in [0.15, 0.2) is 30.3 Å². The molecule has 1 aromatic heterocycles. The molecule has 6 heteroatoms. The minimum atomic E-state index is -0.895. The predicted octanol–water partition coefficient (Wildman–Crippen LogP) is 3.60. The number of benzene rings is 1. The summed E-state index contributed by atoms with van der Waals surface area (Å²) in [5.74, 6) is -1.73. The number of aromatic nitrogens is 1. The van der Waals surface area contributed by atoms with Crippen LogP contribution in [0.1, 0.15) is 34.1 Å². The number of ketones is 1. The van der Waals surface area contributed by atoms with Gasteiger partial charge in [0.25, 0.3) is 0 Å². The van der Waals surface area contributed by atoms with Crippen molar-refractivity contribution < 1.29 is 14.7 Å². The Morgan fingerprint density at radius 3 is 2.48 bits per heavy atom. The summed E-state index contributed by atoms with van der Waals surface area (Å²) in [7, 11) is 0. The Morgan fingerprint density at radius 2 is 1.86 bits per heavy atom.